The highest BCUT2D eigenvalue weighted by Crippen LogP contribution is 2.17. The average molecular weight is 206 g/mol. The second kappa shape index (κ2) is 4.63. The Morgan fingerprint density at radius 1 is 1.62 bits per heavy atom. The molecule has 0 aromatic rings. The van der Waals surface area contributed by atoms with Crippen LogP contribution >= 0.6 is 11.6 Å². The van der Waals surface area contributed by atoms with Crippen molar-refractivity contribution in [2.24, 2.45) is 5.92 Å². The van der Waals surface area contributed by atoms with E-state index >= 15 is 0 Å². The summed E-state index contributed by atoms with van der Waals surface area (Å²) in [6.07, 6.45) is 1.18. The summed E-state index contributed by atoms with van der Waals surface area (Å²) in [5.41, 5.74) is 0.0180. The van der Waals surface area contributed by atoms with Gasteiger partial charge in [-0.3, -0.25) is 0 Å². The molecule has 0 amide bonds. The van der Waals surface area contributed by atoms with Crippen LogP contribution in [-0.4, -0.2) is 30.7 Å². The fourth-order valence-electron chi connectivity index (χ4n) is 1.29. The molecule has 1 rings (SSSR count). The predicted molar refractivity (Wildman–Crippen MR) is 56.3 cm³/mol. The second-order valence-electron chi connectivity index (χ2n) is 4.45. The molecule has 0 bridgehead atoms. The van der Waals surface area contributed by atoms with Crippen LogP contribution in [0.4, 0.5) is 0 Å². The Balaban J connectivity index is 2.24. The van der Waals surface area contributed by atoms with Crippen molar-refractivity contribution in [1.82, 2.24) is 5.32 Å². The molecule has 2 atom stereocenters. The molecule has 0 radical (unpaired) electrons. The van der Waals surface area contributed by atoms with Crippen LogP contribution in [0.3, 0.4) is 0 Å². The average Bonchev–Trinajstić information content (AvgIpc) is 2.52. The predicted octanol–water partition coefficient (Wildman–Crippen LogP) is 2.02. The lowest BCUT2D eigenvalue weighted by Crippen LogP contribution is -2.47. The van der Waals surface area contributed by atoms with Crippen molar-refractivity contribution in [3.05, 3.63) is 0 Å². The molecule has 2 unspecified atom stereocenters. The first-order chi connectivity index (χ1) is 6.02. The fraction of sp³-hybridized carbons (Fsp3) is 1.00. The zero-order chi connectivity index (χ0) is 9.90. The minimum Gasteiger partial charge on any atom is -0.381 e. The van der Waals surface area contributed by atoms with Gasteiger partial charge in [0, 0.05) is 24.1 Å². The van der Waals surface area contributed by atoms with Crippen LogP contribution in [0.25, 0.3) is 0 Å². The minimum atomic E-state index is 0.0180. The summed E-state index contributed by atoms with van der Waals surface area (Å²) in [5, 5.41) is 3.64. The Labute approximate surface area is 86.0 Å². The maximum atomic E-state index is 6.06. The first-order valence-electron chi connectivity index (χ1n) is 4.99. The number of rotatable bonds is 4. The summed E-state index contributed by atoms with van der Waals surface area (Å²) in [6, 6.07) is 0. The van der Waals surface area contributed by atoms with E-state index < -0.39 is 0 Å². The molecule has 1 aliphatic rings. The molecule has 0 aromatic carbocycles. The van der Waals surface area contributed by atoms with E-state index in [4.69, 9.17) is 16.3 Å². The van der Waals surface area contributed by atoms with E-state index in [1.54, 1.807) is 0 Å². The van der Waals surface area contributed by atoms with E-state index in [0.29, 0.717) is 5.92 Å². The maximum Gasteiger partial charge on any atom is 0.0507 e. The van der Waals surface area contributed by atoms with Gasteiger partial charge in [-0.2, -0.15) is 0 Å². The molecule has 3 heteroatoms. The molecule has 2 nitrogen and oxygen atoms in total. The Bertz CT molecular complexity index is 153. The van der Waals surface area contributed by atoms with Gasteiger partial charge in [-0.25, -0.2) is 0 Å². The molecule has 0 saturated carbocycles. The van der Waals surface area contributed by atoms with Crippen LogP contribution in [0.5, 0.6) is 0 Å². The lowest BCUT2D eigenvalue weighted by Gasteiger charge is -2.30. The molecule has 0 spiro atoms. The lowest BCUT2D eigenvalue weighted by atomic mass is 9.99. The Morgan fingerprint density at radius 3 is 2.77 bits per heavy atom. The van der Waals surface area contributed by atoms with Crippen molar-refractivity contribution in [3.8, 4) is 0 Å². The summed E-state index contributed by atoms with van der Waals surface area (Å²) in [6.45, 7) is 9.15. The lowest BCUT2D eigenvalue weighted by molar-refractivity contribution is 0.183. The molecular formula is C10H20ClNO. The van der Waals surface area contributed by atoms with Crippen LogP contribution < -0.4 is 5.32 Å². The zero-order valence-corrected chi connectivity index (χ0v) is 9.53. The van der Waals surface area contributed by atoms with Gasteiger partial charge < -0.3 is 10.1 Å². The summed E-state index contributed by atoms with van der Waals surface area (Å²) in [7, 11) is 0. The van der Waals surface area contributed by atoms with Crippen molar-refractivity contribution >= 4 is 11.6 Å². The van der Waals surface area contributed by atoms with Crippen molar-refractivity contribution < 1.29 is 4.74 Å². The molecule has 1 aliphatic heterocycles. The number of hydrogen-bond donors (Lipinski definition) is 1. The number of halogens is 1. The fourth-order valence-corrected chi connectivity index (χ4v) is 1.37. The third-order valence-corrected chi connectivity index (χ3v) is 3.41. The summed E-state index contributed by atoms with van der Waals surface area (Å²) >= 11 is 6.06. The van der Waals surface area contributed by atoms with Gasteiger partial charge in [-0.1, -0.05) is 0 Å². The van der Waals surface area contributed by atoms with Gasteiger partial charge in [0.25, 0.3) is 0 Å². The summed E-state index contributed by atoms with van der Waals surface area (Å²) in [4.78, 5) is 0. The Hall–Kier alpha value is 0.210. The molecule has 0 aliphatic carbocycles. The molecule has 78 valence electrons. The quantitative estimate of drug-likeness (QED) is 0.710. The van der Waals surface area contributed by atoms with Crippen molar-refractivity contribution in [3.63, 3.8) is 0 Å². The van der Waals surface area contributed by atoms with Crippen LogP contribution in [0, 0.1) is 5.92 Å². The topological polar surface area (TPSA) is 21.3 Å². The molecular weight excluding hydrogens is 186 g/mol. The third-order valence-electron chi connectivity index (χ3n) is 2.86. The first-order valence-corrected chi connectivity index (χ1v) is 5.43. The number of alkyl halides is 1. The largest absolute Gasteiger partial charge is 0.381 e. The first kappa shape index (κ1) is 11.3. The Kier molecular flexibility index (Phi) is 4.02. The SMILES string of the molecule is CC(Cl)C(C)(C)NCC1CCOC1. The minimum absolute atomic E-state index is 0.0180. The van der Waals surface area contributed by atoms with Crippen molar-refractivity contribution in [2.75, 3.05) is 19.8 Å². The van der Waals surface area contributed by atoms with E-state index in [1.165, 1.54) is 6.42 Å². The number of ether oxygens (including phenoxy) is 1. The maximum absolute atomic E-state index is 6.06. The highest BCUT2D eigenvalue weighted by atomic mass is 35.5. The normalized spacial score (nSPS) is 26.3. The Morgan fingerprint density at radius 2 is 2.31 bits per heavy atom. The smallest absolute Gasteiger partial charge is 0.0507 e. The van der Waals surface area contributed by atoms with E-state index in [0.717, 1.165) is 19.8 Å². The van der Waals surface area contributed by atoms with Gasteiger partial charge in [-0.05, 0) is 33.1 Å². The van der Waals surface area contributed by atoms with E-state index in [2.05, 4.69) is 19.2 Å². The van der Waals surface area contributed by atoms with Crippen LogP contribution in [-0.2, 0) is 4.74 Å². The summed E-state index contributed by atoms with van der Waals surface area (Å²) < 4.78 is 5.31. The summed E-state index contributed by atoms with van der Waals surface area (Å²) in [5.74, 6) is 0.676. The second-order valence-corrected chi connectivity index (χ2v) is 5.10. The van der Waals surface area contributed by atoms with Crippen LogP contribution in [0.15, 0.2) is 0 Å². The third kappa shape index (κ3) is 3.45. The van der Waals surface area contributed by atoms with Crippen molar-refractivity contribution in [1.29, 1.82) is 0 Å². The zero-order valence-electron chi connectivity index (χ0n) is 8.77. The highest BCUT2D eigenvalue weighted by molar-refractivity contribution is 6.21. The van der Waals surface area contributed by atoms with Gasteiger partial charge in [0.2, 0.25) is 0 Å². The van der Waals surface area contributed by atoms with Gasteiger partial charge in [0.1, 0.15) is 0 Å². The van der Waals surface area contributed by atoms with Crippen LogP contribution in [0.1, 0.15) is 27.2 Å². The van der Waals surface area contributed by atoms with Gasteiger partial charge in [0.05, 0.1) is 6.61 Å². The number of nitrogens with one attached hydrogen (secondary N) is 1. The highest BCUT2D eigenvalue weighted by Gasteiger charge is 2.25. The molecule has 13 heavy (non-hydrogen) atoms. The van der Waals surface area contributed by atoms with Gasteiger partial charge in [-0.15, -0.1) is 11.6 Å². The number of hydrogen-bond acceptors (Lipinski definition) is 2. The van der Waals surface area contributed by atoms with E-state index in [1.807, 2.05) is 6.92 Å². The molecule has 0 aromatic heterocycles. The molecule has 1 N–H and O–H groups in total. The van der Waals surface area contributed by atoms with E-state index in [-0.39, 0.29) is 10.9 Å². The monoisotopic (exact) mass is 205 g/mol. The molecule has 1 heterocycles. The molecule has 1 saturated heterocycles. The van der Waals surface area contributed by atoms with Gasteiger partial charge in [0.15, 0.2) is 0 Å². The van der Waals surface area contributed by atoms with E-state index in [9.17, 15) is 0 Å². The van der Waals surface area contributed by atoms with Gasteiger partial charge >= 0.3 is 0 Å². The van der Waals surface area contributed by atoms with Crippen LogP contribution in [0.2, 0.25) is 0 Å². The standard InChI is InChI=1S/C10H20ClNO/c1-8(11)10(2,3)12-6-9-4-5-13-7-9/h8-9,12H,4-7H2,1-3H3. The van der Waals surface area contributed by atoms with Crippen molar-refractivity contribution in [2.45, 2.75) is 38.1 Å². The molecule has 1 fully saturated rings.